The lowest BCUT2D eigenvalue weighted by atomic mass is 10.2. The zero-order chi connectivity index (χ0) is 13.7. The molecular weight excluding hydrogens is 337 g/mol. The van der Waals surface area contributed by atoms with Gasteiger partial charge in [0.15, 0.2) is 5.75 Å². The van der Waals surface area contributed by atoms with Crippen molar-refractivity contribution in [3.8, 4) is 5.75 Å². The van der Waals surface area contributed by atoms with E-state index in [2.05, 4.69) is 6.92 Å². The molecule has 0 aromatic heterocycles. The minimum Gasteiger partial charge on any atom is -0.490 e. The van der Waals surface area contributed by atoms with E-state index >= 15 is 0 Å². The van der Waals surface area contributed by atoms with Crippen LogP contribution < -0.4 is 4.74 Å². The van der Waals surface area contributed by atoms with Gasteiger partial charge in [-0.1, -0.05) is 84.2 Å². The smallest absolute Gasteiger partial charge is 0.159 e. The molecule has 0 unspecified atom stereocenters. The third-order valence-corrected chi connectivity index (χ3v) is 4.66. The molecule has 102 valence electrons. The number of ether oxygens (including phenoxy) is 1. The molecule has 0 bridgehead atoms. The number of hydrogen-bond donors (Lipinski definition) is 0. The Kier molecular flexibility index (Phi) is 7.27. The van der Waals surface area contributed by atoms with Crippen LogP contribution >= 0.6 is 58.0 Å². The molecule has 1 nitrogen and oxygen atoms in total. The maximum atomic E-state index is 6.03. The van der Waals surface area contributed by atoms with Crippen LogP contribution in [0.1, 0.15) is 32.6 Å². The molecule has 0 N–H and O–H groups in total. The SMILES string of the molecule is CCCCCCOc1c(Cl)c(Cl)c(Cl)c(Cl)c1Cl. The van der Waals surface area contributed by atoms with Gasteiger partial charge in [-0.2, -0.15) is 0 Å². The lowest BCUT2D eigenvalue weighted by Crippen LogP contribution is -1.99. The van der Waals surface area contributed by atoms with Crippen molar-refractivity contribution in [1.82, 2.24) is 0 Å². The van der Waals surface area contributed by atoms with E-state index in [1.54, 1.807) is 0 Å². The third kappa shape index (κ3) is 3.98. The number of unbranched alkanes of at least 4 members (excludes halogenated alkanes) is 3. The minimum absolute atomic E-state index is 0.145. The molecule has 0 saturated carbocycles. The van der Waals surface area contributed by atoms with Crippen LogP contribution in [-0.4, -0.2) is 6.61 Å². The first-order valence-corrected chi connectivity index (χ1v) is 7.53. The zero-order valence-corrected chi connectivity index (χ0v) is 13.6. The van der Waals surface area contributed by atoms with Crippen LogP contribution in [0, 0.1) is 0 Å². The molecule has 1 aromatic rings. The molecule has 18 heavy (non-hydrogen) atoms. The monoisotopic (exact) mass is 348 g/mol. The minimum atomic E-state index is 0.145. The van der Waals surface area contributed by atoms with Crippen molar-refractivity contribution >= 4 is 58.0 Å². The molecule has 0 heterocycles. The van der Waals surface area contributed by atoms with Crippen molar-refractivity contribution < 1.29 is 4.74 Å². The first-order valence-electron chi connectivity index (χ1n) is 5.64. The summed E-state index contributed by atoms with van der Waals surface area (Å²) in [6.07, 6.45) is 4.37. The molecule has 0 saturated heterocycles. The van der Waals surface area contributed by atoms with Crippen molar-refractivity contribution in [2.45, 2.75) is 32.6 Å². The topological polar surface area (TPSA) is 9.23 Å². The van der Waals surface area contributed by atoms with E-state index in [0.717, 1.165) is 12.8 Å². The number of halogens is 5. The lowest BCUT2D eigenvalue weighted by Gasteiger charge is -2.13. The van der Waals surface area contributed by atoms with Gasteiger partial charge in [0.05, 0.1) is 21.7 Å². The predicted octanol–water partition coefficient (Wildman–Crippen LogP) is 6.91. The average molecular weight is 351 g/mol. The van der Waals surface area contributed by atoms with Gasteiger partial charge in [-0.05, 0) is 6.42 Å². The number of hydrogen-bond acceptors (Lipinski definition) is 1. The fourth-order valence-corrected chi connectivity index (χ4v) is 2.64. The highest BCUT2D eigenvalue weighted by atomic mass is 35.5. The quantitative estimate of drug-likeness (QED) is 0.307. The molecule has 0 aliphatic rings. The summed E-state index contributed by atoms with van der Waals surface area (Å²) < 4.78 is 5.54. The summed E-state index contributed by atoms with van der Waals surface area (Å²) in [6.45, 7) is 2.67. The van der Waals surface area contributed by atoms with E-state index in [0.29, 0.717) is 12.4 Å². The van der Waals surface area contributed by atoms with Gasteiger partial charge < -0.3 is 4.74 Å². The third-order valence-electron chi connectivity index (χ3n) is 2.41. The second kappa shape index (κ2) is 7.91. The van der Waals surface area contributed by atoms with Gasteiger partial charge in [0, 0.05) is 0 Å². The van der Waals surface area contributed by atoms with Gasteiger partial charge in [-0.15, -0.1) is 0 Å². The zero-order valence-electron chi connectivity index (χ0n) is 9.83. The fraction of sp³-hybridized carbons (Fsp3) is 0.500. The summed E-state index contributed by atoms with van der Waals surface area (Å²) in [5.74, 6) is 0.300. The maximum absolute atomic E-state index is 6.03. The highest BCUT2D eigenvalue weighted by Crippen LogP contribution is 2.48. The Labute approximate surface area is 132 Å². The number of rotatable bonds is 6. The van der Waals surface area contributed by atoms with E-state index in [9.17, 15) is 0 Å². The Hall–Kier alpha value is 0.470. The van der Waals surface area contributed by atoms with Gasteiger partial charge >= 0.3 is 0 Å². The van der Waals surface area contributed by atoms with E-state index in [4.69, 9.17) is 62.7 Å². The van der Waals surface area contributed by atoms with E-state index in [1.807, 2.05) is 0 Å². The molecule has 0 spiro atoms. The van der Waals surface area contributed by atoms with Crippen molar-refractivity contribution in [1.29, 1.82) is 0 Å². The molecule has 0 aliphatic heterocycles. The van der Waals surface area contributed by atoms with Gasteiger partial charge in [-0.25, -0.2) is 0 Å². The van der Waals surface area contributed by atoms with Crippen LogP contribution in [0.4, 0.5) is 0 Å². The van der Waals surface area contributed by atoms with Crippen LogP contribution in [0.5, 0.6) is 5.75 Å². The standard InChI is InChI=1S/C12H13Cl5O/c1-2-3-4-5-6-18-12-10(16)8(14)7(13)9(15)11(12)17/h2-6H2,1H3. The van der Waals surface area contributed by atoms with E-state index in [1.165, 1.54) is 12.8 Å². The van der Waals surface area contributed by atoms with Crippen molar-refractivity contribution in [2.24, 2.45) is 0 Å². The van der Waals surface area contributed by atoms with Crippen molar-refractivity contribution in [3.63, 3.8) is 0 Å². The Morgan fingerprint density at radius 1 is 0.722 bits per heavy atom. The van der Waals surface area contributed by atoms with Crippen LogP contribution in [0.3, 0.4) is 0 Å². The fourth-order valence-electron chi connectivity index (χ4n) is 1.41. The first-order chi connectivity index (χ1) is 8.50. The average Bonchev–Trinajstić information content (AvgIpc) is 2.37. The van der Waals surface area contributed by atoms with E-state index < -0.39 is 0 Å². The molecule has 0 atom stereocenters. The Morgan fingerprint density at radius 3 is 1.72 bits per heavy atom. The lowest BCUT2D eigenvalue weighted by molar-refractivity contribution is 0.305. The molecule has 0 amide bonds. The summed E-state index contributed by atoms with van der Waals surface area (Å²) in [4.78, 5) is 0. The largest absolute Gasteiger partial charge is 0.490 e. The van der Waals surface area contributed by atoms with Crippen LogP contribution in [0.2, 0.25) is 25.1 Å². The molecule has 0 radical (unpaired) electrons. The normalized spacial score (nSPS) is 10.8. The molecule has 6 heteroatoms. The van der Waals surface area contributed by atoms with Gasteiger partial charge in [0.25, 0.3) is 0 Å². The van der Waals surface area contributed by atoms with Gasteiger partial charge in [0.1, 0.15) is 10.0 Å². The van der Waals surface area contributed by atoms with Gasteiger partial charge in [-0.3, -0.25) is 0 Å². The number of benzene rings is 1. The summed E-state index contributed by atoms with van der Waals surface area (Å²) in [7, 11) is 0. The molecule has 1 rings (SSSR count). The summed E-state index contributed by atoms with van der Waals surface area (Å²) >= 11 is 29.8. The van der Waals surface area contributed by atoms with Crippen molar-refractivity contribution in [2.75, 3.05) is 6.61 Å². The molecule has 0 aliphatic carbocycles. The maximum Gasteiger partial charge on any atom is 0.159 e. The summed E-state index contributed by atoms with van der Waals surface area (Å²) in [5, 5.41) is 0.873. The highest BCUT2D eigenvalue weighted by molar-refractivity contribution is 6.55. The second-order valence-electron chi connectivity index (χ2n) is 3.81. The van der Waals surface area contributed by atoms with Crippen LogP contribution in [0.25, 0.3) is 0 Å². The summed E-state index contributed by atoms with van der Waals surface area (Å²) in [5.41, 5.74) is 0. The van der Waals surface area contributed by atoms with Crippen LogP contribution in [-0.2, 0) is 0 Å². The van der Waals surface area contributed by atoms with Gasteiger partial charge in [0.2, 0.25) is 0 Å². The Morgan fingerprint density at radius 2 is 1.22 bits per heavy atom. The first kappa shape index (κ1) is 16.5. The molecule has 0 fully saturated rings. The summed E-state index contributed by atoms with van der Waals surface area (Å²) in [6, 6.07) is 0. The molecular formula is C12H13Cl5O. The highest BCUT2D eigenvalue weighted by Gasteiger charge is 2.20. The predicted molar refractivity (Wildman–Crippen MR) is 81.1 cm³/mol. The van der Waals surface area contributed by atoms with Crippen molar-refractivity contribution in [3.05, 3.63) is 25.1 Å². The Bertz CT molecular complexity index is 390. The van der Waals surface area contributed by atoms with Crippen LogP contribution in [0.15, 0.2) is 0 Å². The molecule has 1 aromatic carbocycles. The van der Waals surface area contributed by atoms with E-state index in [-0.39, 0.29) is 25.1 Å². The second-order valence-corrected chi connectivity index (χ2v) is 5.70. The Balaban J connectivity index is 2.77.